The molecule has 0 amide bonds. The normalized spacial score (nSPS) is 13.7. The van der Waals surface area contributed by atoms with Crippen LogP contribution in [0.2, 0.25) is 0 Å². The van der Waals surface area contributed by atoms with E-state index in [-0.39, 0.29) is 16.1 Å². The molecule has 252 valence electrons. The van der Waals surface area contributed by atoms with Gasteiger partial charge < -0.3 is 11.1 Å². The quantitative estimate of drug-likeness (QED) is 0.142. The van der Waals surface area contributed by atoms with E-state index in [1.165, 1.54) is 91.1 Å². The molecule has 6 aromatic rings. The van der Waals surface area contributed by atoms with Gasteiger partial charge in [0, 0.05) is 44.8 Å². The molecule has 0 radical (unpaired) electrons. The van der Waals surface area contributed by atoms with Crippen LogP contribution in [-0.4, -0.2) is 8.42 Å². The van der Waals surface area contributed by atoms with Gasteiger partial charge in [0.1, 0.15) is 11.6 Å². The number of nitrogen functional groups attached to an aromatic ring is 1. The summed E-state index contributed by atoms with van der Waals surface area (Å²) in [5.74, 6) is -0.615. The number of fused-ring (bicyclic) bond motifs is 4. The van der Waals surface area contributed by atoms with E-state index in [4.69, 9.17) is 16.4 Å². The lowest BCUT2D eigenvalue weighted by Gasteiger charge is -2.20. The lowest BCUT2D eigenvalue weighted by Crippen LogP contribution is -2.08. The molecule has 0 aromatic heterocycles. The topological polar surface area (TPSA) is 72.2 Å². The van der Waals surface area contributed by atoms with E-state index in [1.54, 1.807) is 18.2 Å². The standard InChI is InChI=1S/C21H20FN.C10H6ClFO2S.C10H13N/c22-20-13-12-16(17-8-3-4-10-19(17)20)14-23-21-11-5-7-15-6-1-2-9-18(15)21;11-15(13,14)10-6-5-9(12)7-3-1-2-4-8(7)10;11-10-7-3-5-8-4-1-2-6-9(8)10/h3-5,7-8,10-13,23H,1-2,6,9,14H2;1-6H;3,5,7H,1-2,4,6,11H2. The summed E-state index contributed by atoms with van der Waals surface area (Å²) in [7, 11) is 1.40. The second-order valence-electron chi connectivity index (χ2n) is 12.5. The third-order valence-electron chi connectivity index (χ3n) is 9.35. The van der Waals surface area contributed by atoms with Crippen LogP contribution in [0, 0.1) is 11.6 Å². The van der Waals surface area contributed by atoms with Crippen LogP contribution in [0.3, 0.4) is 0 Å². The summed E-state index contributed by atoms with van der Waals surface area (Å²) in [4.78, 5) is -0.0684. The van der Waals surface area contributed by atoms with Crippen molar-refractivity contribution >= 4 is 52.7 Å². The molecule has 0 spiro atoms. The first-order valence-electron chi connectivity index (χ1n) is 16.7. The van der Waals surface area contributed by atoms with Gasteiger partial charge in [-0.1, -0.05) is 78.9 Å². The second-order valence-corrected chi connectivity index (χ2v) is 15.0. The Kier molecular flexibility index (Phi) is 10.8. The Labute approximate surface area is 291 Å². The Morgan fingerprint density at radius 1 is 0.592 bits per heavy atom. The summed E-state index contributed by atoms with van der Waals surface area (Å²) in [6.07, 6.45) is 9.94. The van der Waals surface area contributed by atoms with Crippen LogP contribution < -0.4 is 11.1 Å². The Morgan fingerprint density at radius 2 is 1.12 bits per heavy atom. The molecule has 0 atom stereocenters. The van der Waals surface area contributed by atoms with Gasteiger partial charge in [-0.3, -0.25) is 0 Å². The Bertz CT molecular complexity index is 2220. The number of halogens is 3. The summed E-state index contributed by atoms with van der Waals surface area (Å²) < 4.78 is 49.7. The van der Waals surface area contributed by atoms with Gasteiger partial charge in [0.15, 0.2) is 0 Å². The molecule has 0 saturated carbocycles. The van der Waals surface area contributed by atoms with Crippen molar-refractivity contribution in [1.82, 2.24) is 0 Å². The van der Waals surface area contributed by atoms with E-state index < -0.39 is 14.9 Å². The van der Waals surface area contributed by atoms with Crippen LogP contribution in [0.25, 0.3) is 21.5 Å². The Hall–Kier alpha value is -4.46. The number of nitrogens with two attached hydrogens (primary N) is 1. The van der Waals surface area contributed by atoms with Gasteiger partial charge in [0.05, 0.1) is 4.90 Å². The van der Waals surface area contributed by atoms with Crippen LogP contribution in [0.1, 0.15) is 53.5 Å². The van der Waals surface area contributed by atoms with Crippen LogP contribution in [0.5, 0.6) is 0 Å². The van der Waals surface area contributed by atoms with Crippen molar-refractivity contribution in [2.45, 2.75) is 62.8 Å². The summed E-state index contributed by atoms with van der Waals surface area (Å²) in [6, 6.07) is 32.5. The number of benzene rings is 6. The molecule has 0 fully saturated rings. The molecule has 0 heterocycles. The van der Waals surface area contributed by atoms with Crippen molar-refractivity contribution in [1.29, 1.82) is 0 Å². The van der Waals surface area contributed by atoms with Crippen molar-refractivity contribution in [3.63, 3.8) is 0 Å². The predicted molar refractivity (Wildman–Crippen MR) is 199 cm³/mol. The Morgan fingerprint density at radius 3 is 1.78 bits per heavy atom. The largest absolute Gasteiger partial charge is 0.398 e. The summed E-state index contributed by atoms with van der Waals surface area (Å²) in [5, 5.41) is 5.81. The van der Waals surface area contributed by atoms with Gasteiger partial charge in [-0.25, -0.2) is 17.2 Å². The molecular weight excluding hydrogens is 658 g/mol. The smallest absolute Gasteiger partial charge is 0.261 e. The highest BCUT2D eigenvalue weighted by molar-refractivity contribution is 8.14. The maximum Gasteiger partial charge on any atom is 0.261 e. The molecule has 0 aliphatic heterocycles. The molecule has 8 rings (SSSR count). The maximum absolute atomic E-state index is 13.9. The number of anilines is 2. The zero-order valence-electron chi connectivity index (χ0n) is 27.2. The van der Waals surface area contributed by atoms with Crippen LogP contribution >= 0.6 is 10.7 Å². The number of aryl methyl sites for hydroxylation is 2. The first kappa shape index (κ1) is 34.4. The molecule has 0 unspecified atom stereocenters. The molecule has 6 aromatic carbocycles. The van der Waals surface area contributed by atoms with Gasteiger partial charge >= 0.3 is 0 Å². The zero-order chi connectivity index (χ0) is 34.4. The van der Waals surface area contributed by atoms with Gasteiger partial charge in [0.25, 0.3) is 9.05 Å². The van der Waals surface area contributed by atoms with Crippen LogP contribution in [0.4, 0.5) is 20.2 Å². The minimum Gasteiger partial charge on any atom is -0.398 e. The average molecular weight is 697 g/mol. The minimum absolute atomic E-state index is 0.0684. The first-order chi connectivity index (χ1) is 23.7. The third-order valence-corrected chi connectivity index (χ3v) is 10.7. The van der Waals surface area contributed by atoms with Gasteiger partial charge in [-0.05, 0) is 115 Å². The highest BCUT2D eigenvalue weighted by Crippen LogP contribution is 2.30. The Balaban J connectivity index is 0.000000138. The van der Waals surface area contributed by atoms with E-state index in [1.807, 2.05) is 36.4 Å². The number of hydrogen-bond donors (Lipinski definition) is 2. The average Bonchev–Trinajstić information content (AvgIpc) is 3.12. The van der Waals surface area contributed by atoms with Crippen molar-refractivity contribution in [2.24, 2.45) is 0 Å². The molecular formula is C41H39ClF2N2O2S. The fourth-order valence-corrected chi connectivity index (χ4v) is 7.95. The molecule has 0 saturated heterocycles. The summed E-state index contributed by atoms with van der Waals surface area (Å²) in [6.45, 7) is 0.719. The summed E-state index contributed by atoms with van der Waals surface area (Å²) >= 11 is 0. The molecule has 8 heteroatoms. The zero-order valence-corrected chi connectivity index (χ0v) is 28.8. The number of hydrogen-bond acceptors (Lipinski definition) is 4. The van der Waals surface area contributed by atoms with Crippen LogP contribution in [0.15, 0.2) is 114 Å². The van der Waals surface area contributed by atoms with Gasteiger partial charge in [0.2, 0.25) is 0 Å². The van der Waals surface area contributed by atoms with Crippen molar-refractivity contribution < 1.29 is 17.2 Å². The lowest BCUT2D eigenvalue weighted by molar-refractivity contribution is 0.609. The predicted octanol–water partition coefficient (Wildman–Crippen LogP) is 10.5. The third kappa shape index (κ3) is 8.06. The van der Waals surface area contributed by atoms with Crippen molar-refractivity contribution in [3.05, 3.63) is 149 Å². The molecule has 0 bridgehead atoms. The number of rotatable bonds is 4. The fraction of sp³-hybridized carbons (Fsp3) is 0.220. The van der Waals surface area contributed by atoms with Crippen molar-refractivity contribution in [2.75, 3.05) is 11.1 Å². The van der Waals surface area contributed by atoms with E-state index in [0.717, 1.165) is 35.7 Å². The van der Waals surface area contributed by atoms with Crippen molar-refractivity contribution in [3.8, 4) is 0 Å². The fourth-order valence-electron chi connectivity index (χ4n) is 6.87. The molecule has 3 N–H and O–H groups in total. The van der Waals surface area contributed by atoms with Gasteiger partial charge in [-0.15, -0.1) is 0 Å². The first-order valence-corrected chi connectivity index (χ1v) is 19.0. The van der Waals surface area contributed by atoms with Crippen LogP contribution in [-0.2, 0) is 41.3 Å². The second kappa shape index (κ2) is 15.4. The molecule has 49 heavy (non-hydrogen) atoms. The van der Waals surface area contributed by atoms with E-state index in [2.05, 4.69) is 35.6 Å². The van der Waals surface area contributed by atoms with E-state index in [0.29, 0.717) is 10.8 Å². The summed E-state index contributed by atoms with van der Waals surface area (Å²) in [5.41, 5.74) is 15.0. The monoisotopic (exact) mass is 696 g/mol. The lowest BCUT2D eigenvalue weighted by atomic mass is 9.90. The van der Waals surface area contributed by atoms with E-state index in [9.17, 15) is 17.2 Å². The van der Waals surface area contributed by atoms with Gasteiger partial charge in [-0.2, -0.15) is 0 Å². The minimum atomic E-state index is -3.84. The highest BCUT2D eigenvalue weighted by atomic mass is 35.7. The number of nitrogens with one attached hydrogen (secondary N) is 1. The molecule has 2 aliphatic carbocycles. The molecule has 4 nitrogen and oxygen atoms in total. The highest BCUT2D eigenvalue weighted by Gasteiger charge is 2.16. The maximum atomic E-state index is 13.9. The van der Waals surface area contributed by atoms with E-state index >= 15 is 0 Å². The molecule has 2 aliphatic rings. The SMILES string of the molecule is Fc1ccc(CNc2cccc3c2CCCC3)c2ccccc12.Nc1cccc2c1CCCC2.O=S(=O)(Cl)c1ccc(F)c2ccccc12.